The lowest BCUT2D eigenvalue weighted by atomic mass is 9.86. The standard InChI is InChI=1S/C15H18N2O4/c1-20-11-5-2-9(3-6-11)14(18)17-12-8-10(16)4-7-13(12)21-15(17)19/h4,7-9,11H,2-3,5-6,16H2,1H3. The number of aromatic nitrogens is 1. The van der Waals surface area contributed by atoms with Crippen LogP contribution in [-0.4, -0.2) is 23.7 Å². The van der Waals surface area contributed by atoms with Gasteiger partial charge in [0.05, 0.1) is 6.10 Å². The van der Waals surface area contributed by atoms with Crippen molar-refractivity contribution in [1.82, 2.24) is 4.57 Å². The summed E-state index contributed by atoms with van der Waals surface area (Å²) in [7, 11) is 1.68. The third kappa shape index (κ3) is 2.47. The lowest BCUT2D eigenvalue weighted by molar-refractivity contribution is 0.0480. The maximum Gasteiger partial charge on any atom is 0.426 e. The predicted octanol–water partition coefficient (Wildman–Crippen LogP) is 2.02. The molecule has 1 aromatic carbocycles. The monoisotopic (exact) mass is 290 g/mol. The molecule has 1 aromatic heterocycles. The number of rotatable bonds is 2. The molecule has 0 bridgehead atoms. The second-order valence-electron chi connectivity index (χ2n) is 5.48. The van der Waals surface area contributed by atoms with Gasteiger partial charge in [-0.25, -0.2) is 9.36 Å². The third-order valence-corrected chi connectivity index (χ3v) is 4.18. The van der Waals surface area contributed by atoms with Crippen LogP contribution in [0.1, 0.15) is 30.5 Å². The number of ether oxygens (including phenoxy) is 1. The van der Waals surface area contributed by atoms with Crippen molar-refractivity contribution in [1.29, 1.82) is 0 Å². The largest absolute Gasteiger partial charge is 0.426 e. The Kier molecular flexibility index (Phi) is 3.55. The van der Waals surface area contributed by atoms with Crippen molar-refractivity contribution in [3.05, 3.63) is 28.7 Å². The summed E-state index contributed by atoms with van der Waals surface area (Å²) in [5, 5.41) is 0. The van der Waals surface area contributed by atoms with E-state index in [9.17, 15) is 9.59 Å². The van der Waals surface area contributed by atoms with Gasteiger partial charge < -0.3 is 14.9 Å². The summed E-state index contributed by atoms with van der Waals surface area (Å²) in [4.78, 5) is 24.6. The van der Waals surface area contributed by atoms with Gasteiger partial charge in [-0.2, -0.15) is 0 Å². The van der Waals surface area contributed by atoms with Crippen LogP contribution in [0.4, 0.5) is 5.69 Å². The van der Waals surface area contributed by atoms with E-state index in [1.54, 1.807) is 25.3 Å². The zero-order valence-corrected chi connectivity index (χ0v) is 11.9. The van der Waals surface area contributed by atoms with Crippen LogP contribution in [0.5, 0.6) is 0 Å². The first kappa shape index (κ1) is 13.9. The van der Waals surface area contributed by atoms with E-state index in [0.717, 1.165) is 30.3 Å². The molecular weight excluding hydrogens is 272 g/mol. The Balaban J connectivity index is 1.93. The normalized spacial score (nSPS) is 22.5. The van der Waals surface area contributed by atoms with Gasteiger partial charge in [0.15, 0.2) is 5.58 Å². The molecule has 0 atom stereocenters. The molecule has 0 saturated heterocycles. The lowest BCUT2D eigenvalue weighted by Crippen LogP contribution is -2.33. The Hall–Kier alpha value is -2.08. The molecular formula is C15H18N2O4. The fourth-order valence-electron chi connectivity index (χ4n) is 2.97. The number of anilines is 1. The van der Waals surface area contributed by atoms with Crippen molar-refractivity contribution >= 4 is 22.7 Å². The van der Waals surface area contributed by atoms with Gasteiger partial charge >= 0.3 is 5.76 Å². The first-order valence-electron chi connectivity index (χ1n) is 7.08. The van der Waals surface area contributed by atoms with E-state index in [1.165, 1.54) is 0 Å². The van der Waals surface area contributed by atoms with Crippen molar-refractivity contribution in [2.45, 2.75) is 31.8 Å². The number of nitrogen functional groups attached to an aromatic ring is 1. The molecule has 0 spiro atoms. The Morgan fingerprint density at radius 3 is 2.71 bits per heavy atom. The highest BCUT2D eigenvalue weighted by Crippen LogP contribution is 2.28. The van der Waals surface area contributed by atoms with Crippen LogP contribution in [0.15, 0.2) is 27.4 Å². The van der Waals surface area contributed by atoms with Crippen molar-refractivity contribution in [3.63, 3.8) is 0 Å². The maximum atomic E-state index is 12.6. The molecule has 1 aliphatic rings. The van der Waals surface area contributed by atoms with Gasteiger partial charge in [0, 0.05) is 18.7 Å². The number of nitrogens with two attached hydrogens (primary N) is 1. The number of fused-ring (bicyclic) bond motifs is 1. The Morgan fingerprint density at radius 2 is 2.05 bits per heavy atom. The van der Waals surface area contributed by atoms with Crippen LogP contribution in [-0.2, 0) is 4.74 Å². The highest BCUT2D eigenvalue weighted by atomic mass is 16.5. The fraction of sp³-hybridized carbons (Fsp3) is 0.467. The summed E-state index contributed by atoms with van der Waals surface area (Å²) in [5.74, 6) is -1.02. The van der Waals surface area contributed by atoms with Crippen LogP contribution < -0.4 is 11.5 Å². The van der Waals surface area contributed by atoms with Crippen LogP contribution >= 0.6 is 0 Å². The minimum atomic E-state index is -0.644. The molecule has 0 unspecified atom stereocenters. The number of hydrogen-bond acceptors (Lipinski definition) is 5. The quantitative estimate of drug-likeness (QED) is 0.855. The number of methoxy groups -OCH3 is 1. The SMILES string of the molecule is COC1CCC(C(=O)n2c(=O)oc3ccc(N)cc32)CC1. The van der Waals surface area contributed by atoms with Gasteiger partial charge in [0.2, 0.25) is 5.91 Å². The van der Waals surface area contributed by atoms with Crippen LogP contribution in [0.25, 0.3) is 11.1 Å². The number of carbonyl (C=O) groups excluding carboxylic acids is 1. The van der Waals surface area contributed by atoms with Crippen molar-refractivity contribution in [3.8, 4) is 0 Å². The summed E-state index contributed by atoms with van der Waals surface area (Å²) in [6.07, 6.45) is 3.32. The molecule has 6 nitrogen and oxygen atoms in total. The Bertz CT molecular complexity index is 723. The number of benzene rings is 1. The molecule has 2 aromatic rings. The van der Waals surface area contributed by atoms with Crippen LogP contribution in [0.2, 0.25) is 0 Å². The second kappa shape index (κ2) is 5.37. The summed E-state index contributed by atoms with van der Waals surface area (Å²) in [6.45, 7) is 0. The van der Waals surface area contributed by atoms with E-state index in [0.29, 0.717) is 16.8 Å². The maximum absolute atomic E-state index is 12.6. The molecule has 0 aliphatic heterocycles. The fourth-order valence-corrected chi connectivity index (χ4v) is 2.97. The zero-order chi connectivity index (χ0) is 15.0. The highest BCUT2D eigenvalue weighted by Gasteiger charge is 2.29. The third-order valence-electron chi connectivity index (χ3n) is 4.18. The molecule has 1 fully saturated rings. The predicted molar refractivity (Wildman–Crippen MR) is 78.3 cm³/mol. The number of oxazole rings is 1. The zero-order valence-electron chi connectivity index (χ0n) is 11.9. The first-order chi connectivity index (χ1) is 10.1. The number of hydrogen-bond donors (Lipinski definition) is 1. The van der Waals surface area contributed by atoms with Gasteiger partial charge in [0.25, 0.3) is 0 Å². The minimum Gasteiger partial charge on any atom is -0.407 e. The smallest absolute Gasteiger partial charge is 0.407 e. The molecule has 112 valence electrons. The molecule has 1 aliphatic carbocycles. The van der Waals surface area contributed by atoms with E-state index in [1.807, 2.05) is 0 Å². The van der Waals surface area contributed by atoms with Crippen molar-refractivity contribution in [2.24, 2.45) is 5.92 Å². The summed E-state index contributed by atoms with van der Waals surface area (Å²) < 4.78 is 11.5. The van der Waals surface area contributed by atoms with E-state index >= 15 is 0 Å². The van der Waals surface area contributed by atoms with Crippen molar-refractivity contribution in [2.75, 3.05) is 12.8 Å². The van der Waals surface area contributed by atoms with E-state index in [2.05, 4.69) is 0 Å². The molecule has 21 heavy (non-hydrogen) atoms. The van der Waals surface area contributed by atoms with Gasteiger partial charge in [-0.05, 0) is 43.9 Å². The molecule has 0 amide bonds. The average Bonchev–Trinajstić information content (AvgIpc) is 2.82. The van der Waals surface area contributed by atoms with E-state index < -0.39 is 5.76 Å². The molecule has 1 heterocycles. The Morgan fingerprint density at radius 1 is 1.33 bits per heavy atom. The van der Waals surface area contributed by atoms with Gasteiger partial charge in [-0.1, -0.05) is 0 Å². The molecule has 2 N–H and O–H groups in total. The molecule has 1 saturated carbocycles. The summed E-state index contributed by atoms with van der Waals surface area (Å²) in [6, 6.07) is 4.85. The number of carbonyl (C=O) groups is 1. The van der Waals surface area contributed by atoms with E-state index in [-0.39, 0.29) is 17.9 Å². The Labute approximate surface area is 121 Å². The van der Waals surface area contributed by atoms with Gasteiger partial charge in [0.1, 0.15) is 5.52 Å². The molecule has 3 rings (SSSR count). The van der Waals surface area contributed by atoms with Gasteiger partial charge in [-0.15, -0.1) is 0 Å². The molecule has 6 heteroatoms. The first-order valence-corrected chi connectivity index (χ1v) is 7.08. The van der Waals surface area contributed by atoms with Crippen molar-refractivity contribution < 1.29 is 13.9 Å². The minimum absolute atomic E-state index is 0.170. The average molecular weight is 290 g/mol. The van der Waals surface area contributed by atoms with Crippen LogP contribution in [0.3, 0.4) is 0 Å². The van der Waals surface area contributed by atoms with Gasteiger partial charge in [-0.3, -0.25) is 4.79 Å². The summed E-state index contributed by atoms with van der Waals surface area (Å²) in [5.41, 5.74) is 7.05. The number of nitrogens with zero attached hydrogens (tertiary/aromatic N) is 1. The lowest BCUT2D eigenvalue weighted by Gasteiger charge is -2.26. The van der Waals surface area contributed by atoms with E-state index in [4.69, 9.17) is 14.9 Å². The highest BCUT2D eigenvalue weighted by molar-refractivity contribution is 5.91. The molecule has 0 radical (unpaired) electrons. The summed E-state index contributed by atoms with van der Waals surface area (Å²) >= 11 is 0. The second-order valence-corrected chi connectivity index (χ2v) is 5.48. The topological polar surface area (TPSA) is 87.5 Å². The van der Waals surface area contributed by atoms with Crippen LogP contribution in [0, 0.1) is 5.92 Å².